The van der Waals surface area contributed by atoms with E-state index in [-0.39, 0.29) is 25.1 Å². The molecule has 1 aliphatic rings. The first-order chi connectivity index (χ1) is 12.4. The van der Waals surface area contributed by atoms with Crippen molar-refractivity contribution in [2.45, 2.75) is 32.7 Å². The van der Waals surface area contributed by atoms with Gasteiger partial charge in [-0.2, -0.15) is 5.10 Å². The Labute approximate surface area is 151 Å². The molecule has 1 N–H and O–H groups in total. The highest BCUT2D eigenvalue weighted by atomic mass is 16.5. The predicted octanol–water partition coefficient (Wildman–Crippen LogP) is 1.97. The zero-order valence-electron chi connectivity index (χ0n) is 15.3. The van der Waals surface area contributed by atoms with Gasteiger partial charge in [0, 0.05) is 37.8 Å². The monoisotopic (exact) mass is 360 g/mol. The number of rotatable bonds is 5. The summed E-state index contributed by atoms with van der Waals surface area (Å²) in [5.41, 5.74) is 0.122. The number of carbonyl (C=O) groups is 2. The molecule has 8 nitrogen and oxygen atoms in total. The smallest absolute Gasteiger partial charge is 0.313 e. The van der Waals surface area contributed by atoms with Crippen LogP contribution in [-0.4, -0.2) is 63.5 Å². The van der Waals surface area contributed by atoms with Crippen molar-refractivity contribution in [3.05, 3.63) is 24.0 Å². The van der Waals surface area contributed by atoms with Crippen LogP contribution in [0, 0.1) is 5.41 Å². The van der Waals surface area contributed by atoms with Crippen LogP contribution < -0.4 is 0 Å². The quantitative estimate of drug-likeness (QED) is 0.875. The number of piperidine rings is 1. The summed E-state index contributed by atoms with van der Waals surface area (Å²) in [6, 6.07) is 1.94. The molecule has 1 atom stereocenters. The number of carboxylic acids is 1. The lowest BCUT2D eigenvalue weighted by molar-refractivity contribution is -0.155. The van der Waals surface area contributed by atoms with E-state index < -0.39 is 11.4 Å². The van der Waals surface area contributed by atoms with E-state index in [9.17, 15) is 14.7 Å². The normalized spacial score (nSPS) is 20.7. The summed E-state index contributed by atoms with van der Waals surface area (Å²) in [6.45, 7) is 4.79. The Morgan fingerprint density at radius 2 is 2.15 bits per heavy atom. The Bertz CT molecular complexity index is 828. The first-order valence-corrected chi connectivity index (χ1v) is 8.73. The molecule has 1 fully saturated rings. The van der Waals surface area contributed by atoms with E-state index in [1.807, 2.05) is 13.8 Å². The van der Waals surface area contributed by atoms with Crippen LogP contribution in [0.1, 0.15) is 43.1 Å². The van der Waals surface area contributed by atoms with Gasteiger partial charge in [-0.1, -0.05) is 0 Å². The van der Waals surface area contributed by atoms with Crippen molar-refractivity contribution in [1.29, 1.82) is 0 Å². The molecule has 0 bridgehead atoms. The SMILES string of the molecule is COCC1(C(=O)O)CCCN(C(=O)c2cnc3c(cnn3C(C)C)c2)C1. The van der Waals surface area contributed by atoms with Gasteiger partial charge in [0.05, 0.1) is 18.4 Å². The Morgan fingerprint density at radius 3 is 2.81 bits per heavy atom. The van der Waals surface area contributed by atoms with Gasteiger partial charge >= 0.3 is 5.97 Å². The molecule has 26 heavy (non-hydrogen) atoms. The van der Waals surface area contributed by atoms with Crippen LogP contribution in [-0.2, 0) is 9.53 Å². The van der Waals surface area contributed by atoms with E-state index in [0.717, 1.165) is 11.0 Å². The Balaban J connectivity index is 1.86. The molecule has 8 heteroatoms. The van der Waals surface area contributed by atoms with Crippen LogP contribution in [0.25, 0.3) is 11.0 Å². The second-order valence-corrected chi connectivity index (χ2v) is 7.17. The van der Waals surface area contributed by atoms with Crippen molar-refractivity contribution in [2.75, 3.05) is 26.8 Å². The number of amides is 1. The van der Waals surface area contributed by atoms with Crippen LogP contribution in [0.5, 0.6) is 0 Å². The van der Waals surface area contributed by atoms with Gasteiger partial charge in [0.2, 0.25) is 0 Å². The number of aliphatic carboxylic acids is 1. The number of hydrogen-bond donors (Lipinski definition) is 1. The number of likely N-dealkylation sites (tertiary alicyclic amines) is 1. The van der Waals surface area contributed by atoms with Gasteiger partial charge in [-0.3, -0.25) is 9.59 Å². The van der Waals surface area contributed by atoms with Crippen LogP contribution in [0.4, 0.5) is 0 Å². The molecule has 0 saturated carbocycles. The largest absolute Gasteiger partial charge is 0.481 e. The second kappa shape index (κ2) is 7.03. The number of aromatic nitrogens is 3. The molecule has 1 amide bonds. The highest BCUT2D eigenvalue weighted by Gasteiger charge is 2.44. The van der Waals surface area contributed by atoms with Gasteiger partial charge in [-0.05, 0) is 32.8 Å². The lowest BCUT2D eigenvalue weighted by Crippen LogP contribution is -2.52. The minimum absolute atomic E-state index is 0.0879. The van der Waals surface area contributed by atoms with Crippen LogP contribution >= 0.6 is 0 Å². The standard InChI is InChI=1S/C18H24N4O4/c1-12(2)22-15-13(9-20-22)7-14(8-19-15)16(23)21-6-4-5-18(10-21,11-26-3)17(24)25/h7-9,12H,4-6,10-11H2,1-3H3,(H,24,25). The number of carbonyl (C=O) groups excluding carboxylic acids is 1. The van der Waals surface area contributed by atoms with Crippen LogP contribution in [0.2, 0.25) is 0 Å². The second-order valence-electron chi connectivity index (χ2n) is 7.17. The van der Waals surface area contributed by atoms with Crippen LogP contribution in [0.3, 0.4) is 0 Å². The minimum atomic E-state index is -1.05. The molecular weight excluding hydrogens is 336 g/mol. The number of methoxy groups -OCH3 is 1. The third kappa shape index (κ3) is 3.16. The average Bonchev–Trinajstić information content (AvgIpc) is 3.04. The molecule has 1 unspecified atom stereocenters. The van der Waals surface area contributed by atoms with Crippen molar-refractivity contribution in [2.24, 2.45) is 5.41 Å². The molecule has 3 rings (SSSR count). The van der Waals surface area contributed by atoms with Crippen LogP contribution in [0.15, 0.2) is 18.5 Å². The summed E-state index contributed by atoms with van der Waals surface area (Å²) in [5.74, 6) is -1.14. The maximum Gasteiger partial charge on any atom is 0.313 e. The Hall–Kier alpha value is -2.48. The number of carboxylic acid groups (broad SMARTS) is 1. The lowest BCUT2D eigenvalue weighted by Gasteiger charge is -2.39. The third-order valence-electron chi connectivity index (χ3n) is 4.91. The Morgan fingerprint density at radius 1 is 1.38 bits per heavy atom. The van der Waals surface area contributed by atoms with Gasteiger partial charge < -0.3 is 14.7 Å². The molecule has 0 spiro atoms. The maximum atomic E-state index is 12.9. The Kier molecular flexibility index (Phi) is 4.95. The summed E-state index contributed by atoms with van der Waals surface area (Å²) in [6.07, 6.45) is 4.36. The van der Waals surface area contributed by atoms with Crippen molar-refractivity contribution in [3.63, 3.8) is 0 Å². The van der Waals surface area contributed by atoms with Crippen molar-refractivity contribution in [3.8, 4) is 0 Å². The fourth-order valence-electron chi connectivity index (χ4n) is 3.55. The summed E-state index contributed by atoms with van der Waals surface area (Å²) >= 11 is 0. The summed E-state index contributed by atoms with van der Waals surface area (Å²) in [5, 5.41) is 14.8. The van der Waals surface area contributed by atoms with Crippen molar-refractivity contribution >= 4 is 22.9 Å². The first-order valence-electron chi connectivity index (χ1n) is 8.73. The summed E-state index contributed by atoms with van der Waals surface area (Å²) in [7, 11) is 1.48. The fraction of sp³-hybridized carbons (Fsp3) is 0.556. The molecule has 140 valence electrons. The molecule has 1 saturated heterocycles. The van der Waals surface area contributed by atoms with Gasteiger partial charge in [-0.25, -0.2) is 9.67 Å². The van der Waals surface area contributed by atoms with Gasteiger partial charge in [0.25, 0.3) is 5.91 Å². The lowest BCUT2D eigenvalue weighted by atomic mass is 9.80. The third-order valence-corrected chi connectivity index (χ3v) is 4.91. The maximum absolute atomic E-state index is 12.9. The molecule has 2 aromatic heterocycles. The van der Waals surface area contributed by atoms with E-state index in [4.69, 9.17) is 4.74 Å². The number of ether oxygens (including phenoxy) is 1. The van der Waals surface area contributed by atoms with Crippen molar-refractivity contribution < 1.29 is 19.4 Å². The molecule has 0 aliphatic carbocycles. The molecule has 2 aromatic rings. The van der Waals surface area contributed by atoms with E-state index >= 15 is 0 Å². The molecule has 1 aliphatic heterocycles. The molecular formula is C18H24N4O4. The zero-order chi connectivity index (χ0) is 18.9. The summed E-state index contributed by atoms with van der Waals surface area (Å²) in [4.78, 5) is 30.7. The molecule has 0 radical (unpaired) electrons. The molecule has 0 aromatic carbocycles. The number of fused-ring (bicyclic) bond motifs is 1. The number of pyridine rings is 1. The topological polar surface area (TPSA) is 97.6 Å². The van der Waals surface area contributed by atoms with E-state index in [2.05, 4.69) is 10.1 Å². The van der Waals surface area contributed by atoms with Gasteiger partial charge in [0.15, 0.2) is 5.65 Å². The number of nitrogens with zero attached hydrogens (tertiary/aromatic N) is 4. The van der Waals surface area contributed by atoms with E-state index in [1.165, 1.54) is 7.11 Å². The fourth-order valence-corrected chi connectivity index (χ4v) is 3.55. The predicted molar refractivity (Wildman–Crippen MR) is 95.0 cm³/mol. The van der Waals surface area contributed by atoms with Crippen molar-refractivity contribution in [1.82, 2.24) is 19.7 Å². The number of hydrogen-bond acceptors (Lipinski definition) is 5. The minimum Gasteiger partial charge on any atom is -0.481 e. The first kappa shape index (κ1) is 18.3. The van der Waals surface area contributed by atoms with Gasteiger partial charge in [-0.15, -0.1) is 0 Å². The average molecular weight is 360 g/mol. The van der Waals surface area contributed by atoms with Gasteiger partial charge in [0.1, 0.15) is 5.41 Å². The highest BCUT2D eigenvalue weighted by molar-refractivity contribution is 5.97. The zero-order valence-corrected chi connectivity index (χ0v) is 15.3. The summed E-state index contributed by atoms with van der Waals surface area (Å²) < 4.78 is 6.92. The van der Waals surface area contributed by atoms with E-state index in [0.29, 0.717) is 24.9 Å². The highest BCUT2D eigenvalue weighted by Crippen LogP contribution is 2.31. The van der Waals surface area contributed by atoms with E-state index in [1.54, 1.807) is 28.0 Å². The molecule has 3 heterocycles.